The van der Waals surface area contributed by atoms with E-state index in [1.807, 2.05) is 14.1 Å². The van der Waals surface area contributed by atoms with Gasteiger partial charge >= 0.3 is 0 Å². The van der Waals surface area contributed by atoms with Crippen LogP contribution in [0.4, 0.5) is 5.82 Å². The molecule has 1 aromatic rings. The third-order valence-corrected chi connectivity index (χ3v) is 2.55. The Hall–Kier alpha value is -1.62. The highest BCUT2D eigenvalue weighted by atomic mass is 16.1. The summed E-state index contributed by atoms with van der Waals surface area (Å²) in [5.41, 5.74) is 6.10. The van der Waals surface area contributed by atoms with Crippen molar-refractivity contribution in [2.75, 3.05) is 32.9 Å². The number of nitrogen functional groups attached to an aromatic ring is 1. The number of pyridine rings is 1. The normalized spacial score (nSPS) is 11.6. The molecule has 0 bridgehead atoms. The maximum atomic E-state index is 12.0. The van der Waals surface area contributed by atoms with Crippen molar-refractivity contribution in [3.8, 4) is 0 Å². The molecule has 1 rings (SSSR count). The van der Waals surface area contributed by atoms with Gasteiger partial charge in [0.1, 0.15) is 5.82 Å². The molecule has 0 aromatic carbocycles. The van der Waals surface area contributed by atoms with Crippen LogP contribution in [0.5, 0.6) is 0 Å². The Kier molecular flexibility index (Phi) is 4.67. The third kappa shape index (κ3) is 4.33. The molecule has 0 aliphatic heterocycles. The van der Waals surface area contributed by atoms with Gasteiger partial charge in [0.25, 0.3) is 5.91 Å². The van der Waals surface area contributed by atoms with Crippen LogP contribution in [0.3, 0.4) is 0 Å². The number of aromatic nitrogens is 1. The molecular formula is C13H22N4O. The van der Waals surface area contributed by atoms with Crippen LogP contribution in [-0.4, -0.2) is 43.0 Å². The highest BCUT2D eigenvalue weighted by Gasteiger charge is 2.20. The zero-order valence-corrected chi connectivity index (χ0v) is 11.5. The van der Waals surface area contributed by atoms with Gasteiger partial charge in [-0.3, -0.25) is 4.79 Å². The number of anilines is 1. The van der Waals surface area contributed by atoms with Gasteiger partial charge in [0, 0.05) is 19.3 Å². The number of nitrogens with one attached hydrogen (secondary N) is 1. The van der Waals surface area contributed by atoms with Crippen molar-refractivity contribution in [3.05, 3.63) is 23.9 Å². The van der Waals surface area contributed by atoms with Crippen molar-refractivity contribution in [2.45, 2.75) is 13.8 Å². The van der Waals surface area contributed by atoms with Crippen LogP contribution in [0.15, 0.2) is 18.3 Å². The quantitative estimate of drug-likeness (QED) is 0.817. The molecule has 0 radical (unpaired) electrons. The average Bonchev–Trinajstić information content (AvgIpc) is 2.25. The summed E-state index contributed by atoms with van der Waals surface area (Å²) in [7, 11) is 4.03. The van der Waals surface area contributed by atoms with Gasteiger partial charge in [-0.2, -0.15) is 0 Å². The fourth-order valence-corrected chi connectivity index (χ4v) is 1.94. The summed E-state index contributed by atoms with van der Waals surface area (Å²) in [5, 5.41) is 2.90. The van der Waals surface area contributed by atoms with Gasteiger partial charge in [0.2, 0.25) is 0 Å². The number of hydrogen-bond donors (Lipinski definition) is 2. The van der Waals surface area contributed by atoms with Gasteiger partial charge in [-0.25, -0.2) is 4.98 Å². The molecule has 5 heteroatoms. The Balaban J connectivity index is 2.59. The topological polar surface area (TPSA) is 71.2 Å². The number of carbonyl (C=O) groups is 1. The Labute approximate surface area is 108 Å². The Bertz CT molecular complexity index is 415. The summed E-state index contributed by atoms with van der Waals surface area (Å²) in [6, 6.07) is 3.38. The summed E-state index contributed by atoms with van der Waals surface area (Å²) in [5.74, 6) is 0.0906. The molecule has 1 heterocycles. The van der Waals surface area contributed by atoms with E-state index in [1.54, 1.807) is 18.3 Å². The van der Waals surface area contributed by atoms with E-state index in [9.17, 15) is 4.79 Å². The predicted molar refractivity (Wildman–Crippen MR) is 73.3 cm³/mol. The van der Waals surface area contributed by atoms with E-state index in [0.717, 1.165) is 6.54 Å². The highest BCUT2D eigenvalue weighted by Crippen LogP contribution is 2.15. The fourth-order valence-electron chi connectivity index (χ4n) is 1.94. The molecule has 1 amide bonds. The molecule has 3 N–H and O–H groups in total. The van der Waals surface area contributed by atoms with Gasteiger partial charge in [-0.15, -0.1) is 0 Å². The Morgan fingerprint density at radius 3 is 2.72 bits per heavy atom. The molecule has 0 fully saturated rings. The fraction of sp³-hybridized carbons (Fsp3) is 0.538. The monoisotopic (exact) mass is 250 g/mol. The van der Waals surface area contributed by atoms with Crippen LogP contribution in [0.1, 0.15) is 24.2 Å². The summed E-state index contributed by atoms with van der Waals surface area (Å²) >= 11 is 0. The van der Waals surface area contributed by atoms with Crippen LogP contribution in [-0.2, 0) is 0 Å². The molecule has 0 unspecified atom stereocenters. The first-order valence-corrected chi connectivity index (χ1v) is 5.95. The molecule has 0 aliphatic carbocycles. The van der Waals surface area contributed by atoms with Crippen molar-refractivity contribution in [1.82, 2.24) is 15.2 Å². The Morgan fingerprint density at radius 1 is 1.50 bits per heavy atom. The second-order valence-electron chi connectivity index (χ2n) is 5.52. The average molecular weight is 250 g/mol. The summed E-state index contributed by atoms with van der Waals surface area (Å²) in [4.78, 5) is 18.0. The molecular weight excluding hydrogens is 228 g/mol. The van der Waals surface area contributed by atoms with E-state index < -0.39 is 0 Å². The van der Waals surface area contributed by atoms with E-state index in [1.165, 1.54) is 0 Å². The summed E-state index contributed by atoms with van der Waals surface area (Å²) < 4.78 is 0. The molecule has 0 spiro atoms. The summed E-state index contributed by atoms with van der Waals surface area (Å²) in [6.07, 6.45) is 1.57. The standard InChI is InChI=1S/C13H22N4O/c1-13(2,9-17(3)4)8-16-12(18)10-6-5-7-15-11(10)14/h5-7H,8-9H2,1-4H3,(H2,14,15)(H,16,18). The van der Waals surface area contributed by atoms with Crippen molar-refractivity contribution in [1.29, 1.82) is 0 Å². The number of nitrogens with two attached hydrogens (primary N) is 1. The minimum absolute atomic E-state index is 0.0101. The van der Waals surface area contributed by atoms with Crippen LogP contribution >= 0.6 is 0 Å². The molecule has 1 aromatic heterocycles. The van der Waals surface area contributed by atoms with Gasteiger partial charge < -0.3 is 16.0 Å². The lowest BCUT2D eigenvalue weighted by molar-refractivity contribution is 0.0930. The van der Waals surface area contributed by atoms with Gasteiger partial charge in [-0.1, -0.05) is 13.8 Å². The largest absolute Gasteiger partial charge is 0.383 e. The first kappa shape index (κ1) is 14.4. The van der Waals surface area contributed by atoms with Crippen LogP contribution in [0.2, 0.25) is 0 Å². The maximum Gasteiger partial charge on any atom is 0.255 e. The van der Waals surface area contributed by atoms with E-state index in [0.29, 0.717) is 12.1 Å². The van der Waals surface area contributed by atoms with Crippen molar-refractivity contribution in [2.24, 2.45) is 5.41 Å². The molecule has 0 saturated carbocycles. The SMILES string of the molecule is CN(C)CC(C)(C)CNC(=O)c1cccnc1N. The van der Waals surface area contributed by atoms with Crippen LogP contribution in [0, 0.1) is 5.41 Å². The van der Waals surface area contributed by atoms with Crippen LogP contribution < -0.4 is 11.1 Å². The zero-order chi connectivity index (χ0) is 13.8. The zero-order valence-electron chi connectivity index (χ0n) is 11.5. The highest BCUT2D eigenvalue weighted by molar-refractivity contribution is 5.98. The van der Waals surface area contributed by atoms with Crippen molar-refractivity contribution in [3.63, 3.8) is 0 Å². The number of amides is 1. The maximum absolute atomic E-state index is 12.0. The van der Waals surface area contributed by atoms with Gasteiger partial charge in [-0.05, 0) is 31.6 Å². The minimum Gasteiger partial charge on any atom is -0.383 e. The number of hydrogen-bond acceptors (Lipinski definition) is 4. The predicted octanol–water partition coefficient (Wildman–Crippen LogP) is 0.981. The smallest absolute Gasteiger partial charge is 0.255 e. The molecule has 5 nitrogen and oxygen atoms in total. The molecule has 18 heavy (non-hydrogen) atoms. The molecule has 100 valence electrons. The number of carbonyl (C=O) groups excluding carboxylic acids is 1. The minimum atomic E-state index is -0.174. The lowest BCUT2D eigenvalue weighted by atomic mass is 9.93. The molecule has 0 aliphatic rings. The third-order valence-electron chi connectivity index (χ3n) is 2.55. The van der Waals surface area contributed by atoms with Gasteiger partial charge in [0.05, 0.1) is 5.56 Å². The van der Waals surface area contributed by atoms with Crippen molar-refractivity contribution < 1.29 is 4.79 Å². The van der Waals surface area contributed by atoms with E-state index in [4.69, 9.17) is 5.73 Å². The summed E-state index contributed by atoms with van der Waals surface area (Å²) in [6.45, 7) is 5.72. The van der Waals surface area contributed by atoms with E-state index in [-0.39, 0.29) is 17.1 Å². The molecule has 0 atom stereocenters. The van der Waals surface area contributed by atoms with Crippen LogP contribution in [0.25, 0.3) is 0 Å². The lowest BCUT2D eigenvalue weighted by Crippen LogP contribution is -2.40. The van der Waals surface area contributed by atoms with E-state index in [2.05, 4.69) is 29.0 Å². The lowest BCUT2D eigenvalue weighted by Gasteiger charge is -2.28. The number of nitrogens with zero attached hydrogens (tertiary/aromatic N) is 2. The Morgan fingerprint density at radius 2 is 2.17 bits per heavy atom. The van der Waals surface area contributed by atoms with E-state index >= 15 is 0 Å². The second-order valence-corrected chi connectivity index (χ2v) is 5.52. The van der Waals surface area contributed by atoms with Gasteiger partial charge in [0.15, 0.2) is 0 Å². The number of rotatable bonds is 5. The first-order valence-electron chi connectivity index (χ1n) is 5.95. The molecule has 0 saturated heterocycles. The second kappa shape index (κ2) is 5.82. The first-order chi connectivity index (χ1) is 8.32. The van der Waals surface area contributed by atoms with Crippen molar-refractivity contribution >= 4 is 11.7 Å².